The molecule has 0 bridgehead atoms. The molecule has 3 nitrogen and oxygen atoms in total. The summed E-state index contributed by atoms with van der Waals surface area (Å²) in [6.45, 7) is 8.06. The molecule has 1 N–H and O–H groups in total. The van der Waals surface area contributed by atoms with Crippen LogP contribution in [0.15, 0.2) is 5.51 Å². The zero-order chi connectivity index (χ0) is 10.0. The minimum Gasteiger partial charge on any atom is -0.380 e. The van der Waals surface area contributed by atoms with Gasteiger partial charge in [-0.3, -0.25) is 0 Å². The molecule has 2 rings (SSSR count). The van der Waals surface area contributed by atoms with Crippen molar-refractivity contribution in [1.82, 2.24) is 10.3 Å². The Kier molecular flexibility index (Phi) is 2.85. The molecule has 0 unspecified atom stereocenters. The molecule has 14 heavy (non-hydrogen) atoms. The summed E-state index contributed by atoms with van der Waals surface area (Å²) in [5, 5.41) is 3.46. The molecule has 4 heteroatoms. The molecule has 1 aromatic heterocycles. The Morgan fingerprint density at radius 1 is 1.64 bits per heavy atom. The molecule has 0 saturated carbocycles. The normalized spacial score (nSPS) is 19.3. The van der Waals surface area contributed by atoms with Crippen LogP contribution in [0.4, 0.5) is 0 Å². The predicted molar refractivity (Wildman–Crippen MR) is 57.5 cm³/mol. The maximum atomic E-state index is 5.20. The van der Waals surface area contributed by atoms with Gasteiger partial charge in [0, 0.05) is 23.4 Å². The van der Waals surface area contributed by atoms with Gasteiger partial charge in [0.05, 0.1) is 24.4 Å². The van der Waals surface area contributed by atoms with Crippen molar-refractivity contribution in [2.24, 2.45) is 5.41 Å². The van der Waals surface area contributed by atoms with Gasteiger partial charge in [0.25, 0.3) is 0 Å². The second-order valence-electron chi connectivity index (χ2n) is 4.27. The number of nitrogens with one attached hydrogen (secondary N) is 1. The highest BCUT2D eigenvalue weighted by Gasteiger charge is 2.32. The zero-order valence-corrected chi connectivity index (χ0v) is 9.49. The molecule has 1 aromatic rings. The molecule has 1 aliphatic rings. The van der Waals surface area contributed by atoms with Crippen molar-refractivity contribution in [1.29, 1.82) is 0 Å². The quantitative estimate of drug-likeness (QED) is 0.822. The average Bonchev–Trinajstić information content (AvgIpc) is 2.49. The standard InChI is InChI=1S/C10H16N2OS/c1-8-9(14-7-12-8)3-11-4-10(2)5-13-6-10/h7,11H,3-6H2,1-2H3. The Labute approximate surface area is 88.5 Å². The largest absolute Gasteiger partial charge is 0.380 e. The third-order valence-electron chi connectivity index (χ3n) is 2.58. The highest BCUT2D eigenvalue weighted by molar-refractivity contribution is 7.09. The lowest BCUT2D eigenvalue weighted by atomic mass is 9.89. The number of nitrogens with zero attached hydrogens (tertiary/aromatic N) is 1. The van der Waals surface area contributed by atoms with Crippen LogP contribution in [0.1, 0.15) is 17.5 Å². The first-order valence-electron chi connectivity index (χ1n) is 4.87. The van der Waals surface area contributed by atoms with E-state index in [0.29, 0.717) is 5.41 Å². The summed E-state index contributed by atoms with van der Waals surface area (Å²) in [6.07, 6.45) is 0. The number of ether oxygens (including phenoxy) is 1. The summed E-state index contributed by atoms with van der Waals surface area (Å²) in [5.74, 6) is 0. The lowest BCUT2D eigenvalue weighted by molar-refractivity contribution is -0.0991. The molecule has 0 amide bonds. The van der Waals surface area contributed by atoms with Gasteiger partial charge in [-0.05, 0) is 6.92 Å². The van der Waals surface area contributed by atoms with E-state index in [2.05, 4.69) is 24.1 Å². The first-order chi connectivity index (χ1) is 6.70. The summed E-state index contributed by atoms with van der Waals surface area (Å²) in [6, 6.07) is 0. The second kappa shape index (κ2) is 3.96. The minimum atomic E-state index is 0.360. The van der Waals surface area contributed by atoms with Gasteiger partial charge in [0.1, 0.15) is 0 Å². The first-order valence-corrected chi connectivity index (χ1v) is 5.75. The molecule has 1 fully saturated rings. The molecule has 1 saturated heterocycles. The van der Waals surface area contributed by atoms with Gasteiger partial charge in [0.2, 0.25) is 0 Å². The van der Waals surface area contributed by atoms with E-state index in [9.17, 15) is 0 Å². The van der Waals surface area contributed by atoms with Crippen LogP contribution in [-0.2, 0) is 11.3 Å². The van der Waals surface area contributed by atoms with Gasteiger partial charge in [-0.1, -0.05) is 6.92 Å². The van der Waals surface area contributed by atoms with E-state index in [1.54, 1.807) is 11.3 Å². The SMILES string of the molecule is Cc1ncsc1CNCC1(C)COC1. The fourth-order valence-corrected chi connectivity index (χ4v) is 2.27. The maximum Gasteiger partial charge on any atom is 0.0798 e. The van der Waals surface area contributed by atoms with E-state index in [0.717, 1.165) is 32.0 Å². The number of aromatic nitrogens is 1. The van der Waals surface area contributed by atoms with Gasteiger partial charge in [0.15, 0.2) is 0 Å². The van der Waals surface area contributed by atoms with Crippen LogP contribution in [0, 0.1) is 12.3 Å². The molecule has 0 aromatic carbocycles. The highest BCUT2D eigenvalue weighted by Crippen LogP contribution is 2.25. The lowest BCUT2D eigenvalue weighted by Crippen LogP contribution is -2.47. The van der Waals surface area contributed by atoms with E-state index in [1.807, 2.05) is 5.51 Å². The molecule has 2 heterocycles. The lowest BCUT2D eigenvalue weighted by Gasteiger charge is -2.38. The number of aryl methyl sites for hydroxylation is 1. The van der Waals surface area contributed by atoms with Gasteiger partial charge in [-0.2, -0.15) is 0 Å². The van der Waals surface area contributed by atoms with Crippen LogP contribution in [0.5, 0.6) is 0 Å². The smallest absolute Gasteiger partial charge is 0.0798 e. The second-order valence-corrected chi connectivity index (χ2v) is 5.21. The van der Waals surface area contributed by atoms with E-state index in [-0.39, 0.29) is 0 Å². The van der Waals surface area contributed by atoms with Crippen LogP contribution < -0.4 is 5.32 Å². The molecule has 78 valence electrons. The summed E-state index contributed by atoms with van der Waals surface area (Å²) in [4.78, 5) is 5.56. The van der Waals surface area contributed by atoms with Crippen LogP contribution >= 0.6 is 11.3 Å². The predicted octanol–water partition coefficient (Wildman–Crippen LogP) is 1.58. The summed E-state index contributed by atoms with van der Waals surface area (Å²) < 4.78 is 5.20. The molecular weight excluding hydrogens is 196 g/mol. The first kappa shape index (κ1) is 10.1. The van der Waals surface area contributed by atoms with Crippen LogP contribution in [-0.4, -0.2) is 24.7 Å². The average molecular weight is 212 g/mol. The van der Waals surface area contributed by atoms with Crippen molar-refractivity contribution >= 4 is 11.3 Å². The van der Waals surface area contributed by atoms with Gasteiger partial charge < -0.3 is 10.1 Å². The van der Waals surface area contributed by atoms with Crippen LogP contribution in [0.25, 0.3) is 0 Å². The van der Waals surface area contributed by atoms with Gasteiger partial charge >= 0.3 is 0 Å². The number of hydrogen-bond donors (Lipinski definition) is 1. The summed E-state index contributed by atoms with van der Waals surface area (Å²) in [5.41, 5.74) is 3.41. The Morgan fingerprint density at radius 3 is 2.93 bits per heavy atom. The molecule has 1 aliphatic heterocycles. The number of hydrogen-bond acceptors (Lipinski definition) is 4. The third-order valence-corrected chi connectivity index (χ3v) is 3.52. The number of rotatable bonds is 4. The van der Waals surface area contributed by atoms with Crippen molar-refractivity contribution in [2.45, 2.75) is 20.4 Å². The Hall–Kier alpha value is -0.450. The van der Waals surface area contributed by atoms with E-state index in [1.165, 1.54) is 4.88 Å². The highest BCUT2D eigenvalue weighted by atomic mass is 32.1. The third kappa shape index (κ3) is 2.13. The van der Waals surface area contributed by atoms with E-state index >= 15 is 0 Å². The van der Waals surface area contributed by atoms with Crippen molar-refractivity contribution in [3.05, 3.63) is 16.1 Å². The Bertz CT molecular complexity index is 307. The number of thiazole rings is 1. The molecular formula is C10H16N2OS. The Morgan fingerprint density at radius 2 is 2.43 bits per heavy atom. The van der Waals surface area contributed by atoms with Gasteiger partial charge in [-0.25, -0.2) is 4.98 Å². The van der Waals surface area contributed by atoms with Crippen molar-refractivity contribution < 1.29 is 4.74 Å². The van der Waals surface area contributed by atoms with Gasteiger partial charge in [-0.15, -0.1) is 11.3 Å². The fourth-order valence-electron chi connectivity index (χ4n) is 1.53. The molecule has 0 aliphatic carbocycles. The zero-order valence-electron chi connectivity index (χ0n) is 8.67. The van der Waals surface area contributed by atoms with E-state index in [4.69, 9.17) is 4.74 Å². The van der Waals surface area contributed by atoms with Crippen LogP contribution in [0.3, 0.4) is 0 Å². The van der Waals surface area contributed by atoms with Crippen molar-refractivity contribution in [2.75, 3.05) is 19.8 Å². The molecule has 0 spiro atoms. The van der Waals surface area contributed by atoms with E-state index < -0.39 is 0 Å². The summed E-state index contributed by atoms with van der Waals surface area (Å²) >= 11 is 1.72. The minimum absolute atomic E-state index is 0.360. The fraction of sp³-hybridized carbons (Fsp3) is 0.700. The Balaban J connectivity index is 1.75. The molecule has 0 radical (unpaired) electrons. The van der Waals surface area contributed by atoms with Crippen molar-refractivity contribution in [3.8, 4) is 0 Å². The van der Waals surface area contributed by atoms with Crippen LogP contribution in [0.2, 0.25) is 0 Å². The van der Waals surface area contributed by atoms with Crippen molar-refractivity contribution in [3.63, 3.8) is 0 Å². The molecule has 0 atom stereocenters. The topological polar surface area (TPSA) is 34.2 Å². The summed E-state index contributed by atoms with van der Waals surface area (Å²) in [7, 11) is 0. The monoisotopic (exact) mass is 212 g/mol. The maximum absolute atomic E-state index is 5.20.